The van der Waals surface area contributed by atoms with Gasteiger partial charge in [0.1, 0.15) is 0 Å². The maximum atomic E-state index is 12.7. The Kier molecular flexibility index (Phi) is 5.11. The van der Waals surface area contributed by atoms with Crippen molar-refractivity contribution in [2.24, 2.45) is 11.8 Å². The smallest absolute Gasteiger partial charge is 0.311 e. The second-order valence-electron chi connectivity index (χ2n) is 6.37. The molecule has 0 heterocycles. The van der Waals surface area contributed by atoms with Gasteiger partial charge in [-0.3, -0.25) is 0 Å². The van der Waals surface area contributed by atoms with Gasteiger partial charge in [0, 0.05) is 12.1 Å². The topological polar surface area (TPSA) is 12.0 Å². The van der Waals surface area contributed by atoms with Crippen molar-refractivity contribution in [1.29, 1.82) is 0 Å². The van der Waals surface area contributed by atoms with E-state index in [-0.39, 0.29) is 37.8 Å². The van der Waals surface area contributed by atoms with Crippen LogP contribution in [0.1, 0.15) is 51.4 Å². The molecule has 4 atom stereocenters. The highest BCUT2D eigenvalue weighted by Crippen LogP contribution is 2.40. The minimum atomic E-state index is -4.19. The molecule has 0 aromatic heterocycles. The van der Waals surface area contributed by atoms with E-state index < -0.39 is 24.2 Å². The van der Waals surface area contributed by atoms with E-state index in [0.717, 1.165) is 0 Å². The average molecular weight is 317 g/mol. The van der Waals surface area contributed by atoms with Crippen LogP contribution in [0.3, 0.4) is 0 Å². The molecule has 0 unspecified atom stereocenters. The first-order valence-electron chi connectivity index (χ1n) is 7.55. The van der Waals surface area contributed by atoms with Crippen molar-refractivity contribution in [1.82, 2.24) is 5.32 Å². The lowest BCUT2D eigenvalue weighted by Gasteiger charge is -2.37. The molecule has 7 heteroatoms. The Balaban J connectivity index is 1.86. The highest BCUT2D eigenvalue weighted by atomic mass is 19.4. The number of hydrogen-bond donors (Lipinski definition) is 1. The van der Waals surface area contributed by atoms with E-state index in [4.69, 9.17) is 0 Å². The lowest BCUT2D eigenvalue weighted by Crippen LogP contribution is -2.46. The van der Waals surface area contributed by atoms with Gasteiger partial charge in [0.15, 0.2) is 0 Å². The van der Waals surface area contributed by atoms with Crippen LogP contribution in [0.15, 0.2) is 0 Å². The fourth-order valence-electron chi connectivity index (χ4n) is 3.61. The summed E-state index contributed by atoms with van der Waals surface area (Å²) in [5, 5.41) is 3.06. The predicted molar refractivity (Wildman–Crippen MR) is 66.7 cm³/mol. The molecule has 0 radical (unpaired) electrons. The molecule has 1 nitrogen and oxygen atoms in total. The van der Waals surface area contributed by atoms with E-state index in [9.17, 15) is 26.3 Å². The van der Waals surface area contributed by atoms with Crippen LogP contribution < -0.4 is 5.32 Å². The molecule has 0 saturated heterocycles. The quantitative estimate of drug-likeness (QED) is 0.720. The lowest BCUT2D eigenvalue weighted by atomic mass is 9.82. The van der Waals surface area contributed by atoms with Crippen LogP contribution in [0.5, 0.6) is 0 Å². The predicted octanol–water partition coefficient (Wildman–Crippen LogP) is 4.82. The van der Waals surface area contributed by atoms with Gasteiger partial charge in [-0.1, -0.05) is 12.8 Å². The number of halogens is 6. The zero-order chi connectivity index (χ0) is 15.7. The summed E-state index contributed by atoms with van der Waals surface area (Å²) in [5.74, 6) is -2.63. The molecule has 0 aromatic carbocycles. The zero-order valence-corrected chi connectivity index (χ0v) is 11.7. The maximum absolute atomic E-state index is 12.7. The number of rotatable bonds is 2. The van der Waals surface area contributed by atoms with Gasteiger partial charge in [0.25, 0.3) is 0 Å². The maximum Gasteiger partial charge on any atom is 0.391 e. The van der Waals surface area contributed by atoms with E-state index >= 15 is 0 Å². The Bertz CT molecular complexity index is 305. The lowest BCUT2D eigenvalue weighted by molar-refractivity contribution is -0.186. The fourth-order valence-corrected chi connectivity index (χ4v) is 3.61. The normalized spacial score (nSPS) is 35.7. The molecule has 124 valence electrons. The first kappa shape index (κ1) is 16.9. The third-order valence-electron chi connectivity index (χ3n) is 4.75. The Morgan fingerprint density at radius 2 is 1.00 bits per heavy atom. The second-order valence-corrected chi connectivity index (χ2v) is 6.37. The zero-order valence-electron chi connectivity index (χ0n) is 11.7. The van der Waals surface area contributed by atoms with Crippen LogP contribution in [0.25, 0.3) is 0 Å². The van der Waals surface area contributed by atoms with Crippen molar-refractivity contribution >= 4 is 0 Å². The molecule has 21 heavy (non-hydrogen) atoms. The summed E-state index contributed by atoms with van der Waals surface area (Å²) >= 11 is 0. The molecule has 2 saturated carbocycles. The number of nitrogens with one attached hydrogen (secondary N) is 1. The summed E-state index contributed by atoms with van der Waals surface area (Å²) < 4.78 is 76.4. The molecule has 2 aliphatic rings. The molecule has 1 N–H and O–H groups in total. The summed E-state index contributed by atoms with van der Waals surface area (Å²) in [6, 6.07) is -0.607. The van der Waals surface area contributed by atoms with Gasteiger partial charge in [0.05, 0.1) is 11.8 Å². The van der Waals surface area contributed by atoms with E-state index in [1.807, 2.05) is 0 Å². The molecule has 2 rings (SSSR count). The highest BCUT2D eigenvalue weighted by Gasteiger charge is 2.44. The Labute approximate surface area is 120 Å². The van der Waals surface area contributed by atoms with E-state index in [2.05, 4.69) is 5.32 Å². The van der Waals surface area contributed by atoms with E-state index in [0.29, 0.717) is 25.7 Å². The summed E-state index contributed by atoms with van der Waals surface area (Å²) in [5.41, 5.74) is 0. The third-order valence-corrected chi connectivity index (χ3v) is 4.75. The van der Waals surface area contributed by atoms with E-state index in [1.165, 1.54) is 0 Å². The monoisotopic (exact) mass is 317 g/mol. The van der Waals surface area contributed by atoms with Crippen LogP contribution in [0.2, 0.25) is 0 Å². The minimum Gasteiger partial charge on any atom is -0.311 e. The van der Waals surface area contributed by atoms with Gasteiger partial charge in [-0.2, -0.15) is 26.3 Å². The Morgan fingerprint density at radius 3 is 1.33 bits per heavy atom. The molecule has 0 bridgehead atoms. The SMILES string of the molecule is FC(F)(F)[C@@H]1CCC[C@@H](N[C@@H]2CCC[C@H](C(F)(F)F)C2)C1. The van der Waals surface area contributed by atoms with E-state index in [1.54, 1.807) is 0 Å². The molecular weight excluding hydrogens is 296 g/mol. The molecule has 0 aromatic rings. The highest BCUT2D eigenvalue weighted by molar-refractivity contribution is 4.87. The Hall–Kier alpha value is -0.460. The summed E-state index contributed by atoms with van der Waals surface area (Å²) in [7, 11) is 0. The fraction of sp³-hybridized carbons (Fsp3) is 1.00. The van der Waals surface area contributed by atoms with Crippen molar-refractivity contribution < 1.29 is 26.3 Å². The van der Waals surface area contributed by atoms with Crippen molar-refractivity contribution in [3.8, 4) is 0 Å². The van der Waals surface area contributed by atoms with Crippen molar-refractivity contribution in [2.75, 3.05) is 0 Å². The van der Waals surface area contributed by atoms with Crippen LogP contribution in [0.4, 0.5) is 26.3 Å². The minimum absolute atomic E-state index is 0.00329. The van der Waals surface area contributed by atoms with Crippen molar-refractivity contribution in [3.63, 3.8) is 0 Å². The standard InChI is InChI=1S/C14H21F6N/c15-13(16,17)9-3-1-5-11(7-9)21-12-6-2-4-10(8-12)14(18,19)20/h9-12,21H,1-8H2/t9-,10+,11-,12-/m1/s1. The molecule has 0 aliphatic heterocycles. The summed E-state index contributed by atoms with van der Waals surface area (Å²) in [6.45, 7) is 0. The summed E-state index contributed by atoms with van der Waals surface area (Å²) in [6.07, 6.45) is -5.90. The first-order chi connectivity index (χ1) is 9.66. The summed E-state index contributed by atoms with van der Waals surface area (Å²) in [4.78, 5) is 0. The van der Waals surface area contributed by atoms with Crippen LogP contribution >= 0.6 is 0 Å². The van der Waals surface area contributed by atoms with Crippen molar-refractivity contribution in [3.05, 3.63) is 0 Å². The van der Waals surface area contributed by atoms with Gasteiger partial charge in [0.2, 0.25) is 0 Å². The van der Waals surface area contributed by atoms with Gasteiger partial charge in [-0.05, 0) is 38.5 Å². The molecule has 0 amide bonds. The van der Waals surface area contributed by atoms with Gasteiger partial charge >= 0.3 is 12.4 Å². The van der Waals surface area contributed by atoms with Gasteiger partial charge in [-0.15, -0.1) is 0 Å². The third kappa shape index (κ3) is 4.76. The molecule has 2 fully saturated rings. The van der Waals surface area contributed by atoms with Crippen molar-refractivity contribution in [2.45, 2.75) is 75.8 Å². The van der Waals surface area contributed by atoms with Crippen LogP contribution in [-0.4, -0.2) is 24.4 Å². The van der Waals surface area contributed by atoms with Crippen LogP contribution in [0, 0.1) is 11.8 Å². The number of alkyl halides is 6. The molecule has 2 aliphatic carbocycles. The first-order valence-corrected chi connectivity index (χ1v) is 7.55. The molecule has 0 spiro atoms. The average Bonchev–Trinajstić information content (AvgIpc) is 2.37. The van der Waals surface area contributed by atoms with Gasteiger partial charge < -0.3 is 5.32 Å². The second kappa shape index (κ2) is 6.34. The van der Waals surface area contributed by atoms with Crippen LogP contribution in [-0.2, 0) is 0 Å². The van der Waals surface area contributed by atoms with Gasteiger partial charge in [-0.25, -0.2) is 0 Å². The molecular formula is C14H21F6N. The largest absolute Gasteiger partial charge is 0.391 e. The Morgan fingerprint density at radius 1 is 0.619 bits per heavy atom. The number of hydrogen-bond acceptors (Lipinski definition) is 1.